The number of halogens is 3. The van der Waals surface area contributed by atoms with Gasteiger partial charge in [0.1, 0.15) is 6.42 Å². The summed E-state index contributed by atoms with van der Waals surface area (Å²) in [5.41, 5.74) is -0.529. The van der Waals surface area contributed by atoms with Crippen molar-refractivity contribution in [3.8, 4) is 0 Å². The molecule has 0 radical (unpaired) electrons. The number of ether oxygens (including phenoxy) is 1. The first-order valence-corrected chi connectivity index (χ1v) is 8.23. The van der Waals surface area contributed by atoms with E-state index in [0.29, 0.717) is 0 Å². The lowest BCUT2D eigenvalue weighted by Gasteiger charge is -2.11. The van der Waals surface area contributed by atoms with Crippen molar-refractivity contribution < 1.29 is 32.3 Å². The Morgan fingerprint density at radius 2 is 1.61 bits per heavy atom. The molecule has 0 spiro atoms. The SMILES string of the molecule is CCOC(=O)CC(=O)Nc1cccc(C(=O)Nc2cccc(C(F)(F)F)c2)c1. The van der Waals surface area contributed by atoms with E-state index in [1.807, 2.05) is 0 Å². The number of nitrogens with one attached hydrogen (secondary N) is 2. The van der Waals surface area contributed by atoms with E-state index in [9.17, 15) is 27.6 Å². The summed E-state index contributed by atoms with van der Waals surface area (Å²) in [7, 11) is 0. The van der Waals surface area contributed by atoms with E-state index in [1.54, 1.807) is 6.92 Å². The number of esters is 1. The normalized spacial score (nSPS) is 10.9. The predicted octanol–water partition coefficient (Wildman–Crippen LogP) is 3.85. The Morgan fingerprint density at radius 1 is 0.964 bits per heavy atom. The molecule has 0 bridgehead atoms. The molecule has 9 heteroatoms. The van der Waals surface area contributed by atoms with Crippen molar-refractivity contribution in [2.75, 3.05) is 17.2 Å². The predicted molar refractivity (Wildman–Crippen MR) is 95.7 cm³/mol. The monoisotopic (exact) mass is 394 g/mol. The summed E-state index contributed by atoms with van der Waals surface area (Å²) in [4.78, 5) is 35.4. The minimum absolute atomic E-state index is 0.0171. The van der Waals surface area contributed by atoms with Gasteiger partial charge in [0.25, 0.3) is 5.91 Å². The highest BCUT2D eigenvalue weighted by Crippen LogP contribution is 2.30. The maximum atomic E-state index is 12.8. The van der Waals surface area contributed by atoms with Crippen molar-refractivity contribution in [3.05, 3.63) is 59.7 Å². The van der Waals surface area contributed by atoms with Crippen LogP contribution in [-0.2, 0) is 20.5 Å². The van der Waals surface area contributed by atoms with Crippen LogP contribution in [0.3, 0.4) is 0 Å². The van der Waals surface area contributed by atoms with Gasteiger partial charge in [-0.25, -0.2) is 0 Å². The van der Waals surface area contributed by atoms with Crippen molar-refractivity contribution in [1.29, 1.82) is 0 Å². The van der Waals surface area contributed by atoms with Crippen LogP contribution in [0.2, 0.25) is 0 Å². The van der Waals surface area contributed by atoms with Gasteiger partial charge in [0.05, 0.1) is 12.2 Å². The Morgan fingerprint density at radius 3 is 2.25 bits per heavy atom. The molecule has 2 amide bonds. The number of amides is 2. The van der Waals surface area contributed by atoms with Gasteiger partial charge in [0.15, 0.2) is 0 Å². The Kier molecular flexibility index (Phi) is 6.75. The summed E-state index contributed by atoms with van der Waals surface area (Å²) in [6, 6.07) is 10.0. The Hall–Kier alpha value is -3.36. The van der Waals surface area contributed by atoms with Gasteiger partial charge >= 0.3 is 12.1 Å². The Bertz CT molecular complexity index is 881. The second kappa shape index (κ2) is 9.03. The first-order valence-electron chi connectivity index (χ1n) is 8.23. The zero-order valence-corrected chi connectivity index (χ0v) is 14.8. The molecule has 0 unspecified atom stereocenters. The molecule has 0 saturated heterocycles. The minimum atomic E-state index is -4.52. The van der Waals surface area contributed by atoms with E-state index in [2.05, 4.69) is 15.4 Å². The summed E-state index contributed by atoms with van der Waals surface area (Å²) in [6.45, 7) is 1.76. The molecule has 0 aliphatic carbocycles. The standard InChI is InChI=1S/C19H17F3N2O4/c1-2-28-17(26)11-16(25)23-14-7-3-5-12(9-14)18(27)24-15-8-4-6-13(10-15)19(20,21)22/h3-10H,2,11H2,1H3,(H,23,25)(H,24,27). The third-order valence-electron chi connectivity index (χ3n) is 3.47. The van der Waals surface area contributed by atoms with Gasteiger partial charge in [-0.1, -0.05) is 12.1 Å². The van der Waals surface area contributed by atoms with E-state index < -0.39 is 35.9 Å². The molecule has 0 aliphatic rings. The van der Waals surface area contributed by atoms with Crippen LogP contribution < -0.4 is 10.6 Å². The van der Waals surface area contributed by atoms with Crippen molar-refractivity contribution >= 4 is 29.2 Å². The molecular formula is C19H17F3N2O4. The number of rotatable bonds is 6. The van der Waals surface area contributed by atoms with Crippen LogP contribution in [-0.4, -0.2) is 24.4 Å². The van der Waals surface area contributed by atoms with Crippen molar-refractivity contribution in [3.63, 3.8) is 0 Å². The third kappa shape index (κ3) is 6.11. The molecule has 148 valence electrons. The highest BCUT2D eigenvalue weighted by Gasteiger charge is 2.30. The smallest absolute Gasteiger partial charge is 0.416 e. The minimum Gasteiger partial charge on any atom is -0.466 e. The van der Waals surface area contributed by atoms with Crippen LogP contribution >= 0.6 is 0 Å². The quantitative estimate of drug-likeness (QED) is 0.576. The molecule has 0 atom stereocenters. The fourth-order valence-corrected chi connectivity index (χ4v) is 2.26. The first kappa shape index (κ1) is 20.9. The summed E-state index contributed by atoms with van der Waals surface area (Å²) in [5, 5.41) is 4.83. The summed E-state index contributed by atoms with van der Waals surface area (Å²) < 4.78 is 42.9. The fraction of sp³-hybridized carbons (Fsp3) is 0.211. The number of carbonyl (C=O) groups excluding carboxylic acids is 3. The van der Waals surface area contributed by atoms with Gasteiger partial charge in [-0.2, -0.15) is 13.2 Å². The van der Waals surface area contributed by atoms with Crippen molar-refractivity contribution in [1.82, 2.24) is 0 Å². The summed E-state index contributed by atoms with van der Waals surface area (Å²) in [6.07, 6.45) is -5.00. The molecule has 2 aromatic carbocycles. The van der Waals surface area contributed by atoms with E-state index in [4.69, 9.17) is 0 Å². The van der Waals surface area contributed by atoms with Crippen molar-refractivity contribution in [2.45, 2.75) is 19.5 Å². The van der Waals surface area contributed by atoms with Crippen LogP contribution in [0, 0.1) is 0 Å². The van der Waals surface area contributed by atoms with Gasteiger partial charge in [0.2, 0.25) is 5.91 Å². The Balaban J connectivity index is 2.06. The lowest BCUT2D eigenvalue weighted by Crippen LogP contribution is -2.18. The van der Waals surface area contributed by atoms with Gasteiger partial charge in [-0.15, -0.1) is 0 Å². The largest absolute Gasteiger partial charge is 0.466 e. The highest BCUT2D eigenvalue weighted by atomic mass is 19.4. The van der Waals surface area contributed by atoms with Crippen LogP contribution in [0.25, 0.3) is 0 Å². The maximum Gasteiger partial charge on any atom is 0.416 e. The molecule has 0 aliphatic heterocycles. The molecule has 0 aromatic heterocycles. The van der Waals surface area contributed by atoms with Crippen molar-refractivity contribution in [2.24, 2.45) is 0 Å². The van der Waals surface area contributed by atoms with Crippen LogP contribution in [0.15, 0.2) is 48.5 Å². The number of hydrogen-bond acceptors (Lipinski definition) is 4. The third-order valence-corrected chi connectivity index (χ3v) is 3.47. The second-order valence-corrected chi connectivity index (χ2v) is 5.64. The van der Waals surface area contributed by atoms with E-state index in [1.165, 1.54) is 36.4 Å². The topological polar surface area (TPSA) is 84.5 Å². The van der Waals surface area contributed by atoms with Gasteiger partial charge in [-0.05, 0) is 43.3 Å². The average molecular weight is 394 g/mol. The summed E-state index contributed by atoms with van der Waals surface area (Å²) in [5.74, 6) is -1.95. The second-order valence-electron chi connectivity index (χ2n) is 5.64. The molecule has 2 N–H and O–H groups in total. The average Bonchev–Trinajstić information content (AvgIpc) is 2.61. The van der Waals surface area contributed by atoms with Gasteiger partial charge in [-0.3, -0.25) is 14.4 Å². The lowest BCUT2D eigenvalue weighted by molar-refractivity contribution is -0.145. The fourth-order valence-electron chi connectivity index (χ4n) is 2.26. The van der Waals surface area contributed by atoms with E-state index in [-0.39, 0.29) is 23.5 Å². The number of benzene rings is 2. The van der Waals surface area contributed by atoms with Crippen LogP contribution in [0.5, 0.6) is 0 Å². The van der Waals surface area contributed by atoms with Crippen LogP contribution in [0.4, 0.5) is 24.5 Å². The molecule has 6 nitrogen and oxygen atoms in total. The zero-order valence-electron chi connectivity index (χ0n) is 14.8. The number of alkyl halides is 3. The number of anilines is 2. The van der Waals surface area contributed by atoms with Gasteiger partial charge < -0.3 is 15.4 Å². The number of carbonyl (C=O) groups is 3. The Labute approximate surface area is 158 Å². The molecule has 2 aromatic rings. The number of hydrogen-bond donors (Lipinski definition) is 2. The van der Waals surface area contributed by atoms with E-state index >= 15 is 0 Å². The molecular weight excluding hydrogens is 377 g/mol. The highest BCUT2D eigenvalue weighted by molar-refractivity contribution is 6.06. The van der Waals surface area contributed by atoms with E-state index in [0.717, 1.165) is 12.1 Å². The maximum absolute atomic E-state index is 12.8. The molecule has 2 rings (SSSR count). The molecule has 0 saturated carbocycles. The summed E-state index contributed by atoms with van der Waals surface area (Å²) >= 11 is 0. The lowest BCUT2D eigenvalue weighted by atomic mass is 10.1. The first-order chi connectivity index (χ1) is 13.2. The van der Waals surface area contributed by atoms with Crippen LogP contribution in [0.1, 0.15) is 29.3 Å². The molecule has 0 fully saturated rings. The van der Waals surface area contributed by atoms with Gasteiger partial charge in [0, 0.05) is 16.9 Å². The molecule has 28 heavy (non-hydrogen) atoms. The zero-order chi connectivity index (χ0) is 20.7. The molecule has 0 heterocycles.